The molecule has 0 aromatic rings. The smallest absolute Gasteiger partial charge is 0.323 e. The molecule has 0 heterocycles. The van der Waals surface area contributed by atoms with Crippen LogP contribution >= 0.6 is 0 Å². The maximum Gasteiger partial charge on any atom is 0.323 e. The molecule has 1 atom stereocenters. The summed E-state index contributed by atoms with van der Waals surface area (Å²) in [6.45, 7) is 12.6. The zero-order valence-corrected chi connectivity index (χ0v) is 9.03. The Morgan fingerprint density at radius 3 is 2.29 bits per heavy atom. The summed E-state index contributed by atoms with van der Waals surface area (Å²) in [4.78, 5) is 13.3. The van der Waals surface area contributed by atoms with E-state index in [-0.39, 0.29) is 12.0 Å². The van der Waals surface area contributed by atoms with Crippen LogP contribution in [0.5, 0.6) is 0 Å². The number of nitrogens with zero attached hydrogens (tertiary/aromatic N) is 1. The maximum atomic E-state index is 11.4. The number of carbonyl (C=O) groups is 1. The topological polar surface area (TPSA) is 29.5 Å². The van der Waals surface area contributed by atoms with Crippen molar-refractivity contribution < 1.29 is 9.53 Å². The van der Waals surface area contributed by atoms with E-state index in [0.29, 0.717) is 19.7 Å². The summed E-state index contributed by atoms with van der Waals surface area (Å²) in [7, 11) is 0. The Bertz CT molecular complexity index is 191. The average molecular weight is 197 g/mol. The van der Waals surface area contributed by atoms with Gasteiger partial charge in [0.15, 0.2) is 0 Å². The third-order valence-electron chi connectivity index (χ3n) is 1.90. The van der Waals surface area contributed by atoms with E-state index < -0.39 is 0 Å². The van der Waals surface area contributed by atoms with Gasteiger partial charge in [0, 0.05) is 13.1 Å². The molecule has 0 radical (unpaired) electrons. The van der Waals surface area contributed by atoms with E-state index in [1.807, 2.05) is 11.8 Å². The number of ether oxygens (including phenoxy) is 1. The minimum Gasteiger partial charge on any atom is -0.465 e. The third-order valence-corrected chi connectivity index (χ3v) is 1.90. The van der Waals surface area contributed by atoms with Gasteiger partial charge in [-0.1, -0.05) is 12.2 Å². The summed E-state index contributed by atoms with van der Waals surface area (Å²) in [5.41, 5.74) is 0. The largest absolute Gasteiger partial charge is 0.465 e. The third kappa shape index (κ3) is 4.23. The molecule has 0 amide bonds. The SMILES string of the molecule is C=CCN(CC=C)C(C)C(=O)OCC. The molecule has 0 saturated heterocycles. The first-order valence-electron chi connectivity index (χ1n) is 4.79. The fourth-order valence-electron chi connectivity index (χ4n) is 1.13. The van der Waals surface area contributed by atoms with Crippen molar-refractivity contribution in [2.45, 2.75) is 19.9 Å². The molecule has 0 aliphatic carbocycles. The maximum absolute atomic E-state index is 11.4. The summed E-state index contributed by atoms with van der Waals surface area (Å²) >= 11 is 0. The second kappa shape index (κ2) is 7.33. The van der Waals surface area contributed by atoms with E-state index in [1.54, 1.807) is 19.1 Å². The van der Waals surface area contributed by atoms with Crippen molar-refractivity contribution in [3.63, 3.8) is 0 Å². The second-order valence-electron chi connectivity index (χ2n) is 2.96. The van der Waals surface area contributed by atoms with Gasteiger partial charge in [-0.05, 0) is 13.8 Å². The summed E-state index contributed by atoms with van der Waals surface area (Å²) in [6.07, 6.45) is 3.53. The first kappa shape index (κ1) is 12.9. The Morgan fingerprint density at radius 1 is 1.43 bits per heavy atom. The minimum atomic E-state index is -0.244. The van der Waals surface area contributed by atoms with Crippen LogP contribution in [0.3, 0.4) is 0 Å². The molecule has 0 fully saturated rings. The van der Waals surface area contributed by atoms with Gasteiger partial charge >= 0.3 is 5.97 Å². The molecule has 3 heteroatoms. The van der Waals surface area contributed by atoms with Crippen LogP contribution < -0.4 is 0 Å². The number of hydrogen-bond acceptors (Lipinski definition) is 3. The van der Waals surface area contributed by atoms with Crippen LogP contribution in [0.25, 0.3) is 0 Å². The highest BCUT2D eigenvalue weighted by molar-refractivity contribution is 5.75. The number of esters is 1. The predicted octanol–water partition coefficient (Wildman–Crippen LogP) is 1.61. The van der Waals surface area contributed by atoms with E-state index >= 15 is 0 Å². The highest BCUT2D eigenvalue weighted by Crippen LogP contribution is 2.01. The van der Waals surface area contributed by atoms with Gasteiger partial charge in [0.05, 0.1) is 6.61 Å². The molecule has 0 aliphatic rings. The predicted molar refractivity (Wildman–Crippen MR) is 58.1 cm³/mol. The molecule has 80 valence electrons. The van der Waals surface area contributed by atoms with E-state index in [1.165, 1.54) is 0 Å². The lowest BCUT2D eigenvalue weighted by Crippen LogP contribution is -2.40. The molecule has 0 rings (SSSR count). The Hall–Kier alpha value is -1.09. The number of rotatable bonds is 7. The van der Waals surface area contributed by atoms with Gasteiger partial charge < -0.3 is 4.74 Å². The first-order valence-corrected chi connectivity index (χ1v) is 4.79. The highest BCUT2D eigenvalue weighted by Gasteiger charge is 2.19. The molecular formula is C11H19NO2. The molecule has 14 heavy (non-hydrogen) atoms. The van der Waals surface area contributed by atoms with Crippen LogP contribution in [0, 0.1) is 0 Å². The molecule has 0 N–H and O–H groups in total. The van der Waals surface area contributed by atoms with Crippen molar-refractivity contribution >= 4 is 5.97 Å². The minimum absolute atomic E-state index is 0.198. The Labute approximate surface area is 86.0 Å². The van der Waals surface area contributed by atoms with Gasteiger partial charge in [-0.2, -0.15) is 0 Å². The molecule has 0 bridgehead atoms. The van der Waals surface area contributed by atoms with Crippen molar-refractivity contribution in [1.29, 1.82) is 0 Å². The normalized spacial score (nSPS) is 12.2. The molecule has 0 spiro atoms. The van der Waals surface area contributed by atoms with Gasteiger partial charge in [0.1, 0.15) is 6.04 Å². The van der Waals surface area contributed by atoms with Crippen LogP contribution in [0.1, 0.15) is 13.8 Å². The van der Waals surface area contributed by atoms with E-state index in [2.05, 4.69) is 13.2 Å². The Balaban J connectivity index is 4.24. The second-order valence-corrected chi connectivity index (χ2v) is 2.96. The molecule has 1 unspecified atom stereocenters. The lowest BCUT2D eigenvalue weighted by Gasteiger charge is -2.24. The van der Waals surface area contributed by atoms with Crippen LogP contribution in [0.4, 0.5) is 0 Å². The van der Waals surface area contributed by atoms with Gasteiger partial charge in [-0.3, -0.25) is 9.69 Å². The molecule has 0 saturated carbocycles. The van der Waals surface area contributed by atoms with E-state index in [9.17, 15) is 4.79 Å². The molecular weight excluding hydrogens is 178 g/mol. The van der Waals surface area contributed by atoms with Crippen molar-refractivity contribution in [2.75, 3.05) is 19.7 Å². The molecule has 3 nitrogen and oxygen atoms in total. The monoisotopic (exact) mass is 197 g/mol. The van der Waals surface area contributed by atoms with E-state index in [4.69, 9.17) is 4.74 Å². The highest BCUT2D eigenvalue weighted by atomic mass is 16.5. The van der Waals surface area contributed by atoms with Gasteiger partial charge in [0.25, 0.3) is 0 Å². The molecule has 0 aliphatic heterocycles. The summed E-state index contributed by atoms with van der Waals surface area (Å²) in [6, 6.07) is -0.244. The van der Waals surface area contributed by atoms with Crippen molar-refractivity contribution in [3.8, 4) is 0 Å². The molecule has 0 aromatic carbocycles. The van der Waals surface area contributed by atoms with E-state index in [0.717, 1.165) is 0 Å². The van der Waals surface area contributed by atoms with Crippen LogP contribution in [-0.2, 0) is 9.53 Å². The Kier molecular flexibility index (Phi) is 6.76. The average Bonchev–Trinajstić information content (AvgIpc) is 2.17. The van der Waals surface area contributed by atoms with Crippen molar-refractivity contribution in [1.82, 2.24) is 4.90 Å². The van der Waals surface area contributed by atoms with Gasteiger partial charge in [-0.25, -0.2) is 0 Å². The standard InChI is InChI=1S/C11H19NO2/c1-5-8-12(9-6-2)10(4)11(13)14-7-3/h5-6,10H,1-2,7-9H2,3-4H3. The van der Waals surface area contributed by atoms with Crippen LogP contribution in [0.15, 0.2) is 25.3 Å². The van der Waals surface area contributed by atoms with Crippen LogP contribution in [-0.4, -0.2) is 36.6 Å². The fourth-order valence-corrected chi connectivity index (χ4v) is 1.13. The Morgan fingerprint density at radius 2 is 1.93 bits per heavy atom. The fraction of sp³-hybridized carbons (Fsp3) is 0.545. The number of carbonyl (C=O) groups excluding carboxylic acids is 1. The zero-order chi connectivity index (χ0) is 11.0. The summed E-state index contributed by atoms with van der Waals surface area (Å²) in [5, 5.41) is 0. The van der Waals surface area contributed by atoms with Gasteiger partial charge in [0.2, 0.25) is 0 Å². The lowest BCUT2D eigenvalue weighted by molar-refractivity contribution is -0.148. The summed E-state index contributed by atoms with van der Waals surface area (Å²) < 4.78 is 4.93. The van der Waals surface area contributed by atoms with Crippen molar-refractivity contribution in [2.24, 2.45) is 0 Å². The zero-order valence-electron chi connectivity index (χ0n) is 9.03. The van der Waals surface area contributed by atoms with Crippen molar-refractivity contribution in [3.05, 3.63) is 25.3 Å². The summed E-state index contributed by atoms with van der Waals surface area (Å²) in [5.74, 6) is -0.198. The van der Waals surface area contributed by atoms with Gasteiger partial charge in [-0.15, -0.1) is 13.2 Å². The molecule has 0 aromatic heterocycles. The lowest BCUT2D eigenvalue weighted by atomic mass is 10.2. The first-order chi connectivity index (χ1) is 6.67. The number of hydrogen-bond donors (Lipinski definition) is 0. The quantitative estimate of drug-likeness (QED) is 0.459. The van der Waals surface area contributed by atoms with Crippen LogP contribution in [0.2, 0.25) is 0 Å².